The highest BCUT2D eigenvalue weighted by atomic mass is 16.5. The van der Waals surface area contributed by atoms with E-state index in [0.717, 1.165) is 53.0 Å². The molecule has 1 saturated heterocycles. The quantitative estimate of drug-likeness (QED) is 0.529. The molecule has 1 aromatic carbocycles. The van der Waals surface area contributed by atoms with Gasteiger partial charge in [0.05, 0.1) is 22.1 Å². The SMILES string of the molecule is Cn1ccc2[nH]c(C(=O)Nc3ccc4nc(C5CCCO5)[nH]c4c3)cc21. The summed E-state index contributed by atoms with van der Waals surface area (Å²) < 4.78 is 7.66. The second-order valence-corrected chi connectivity index (χ2v) is 6.72. The van der Waals surface area contributed by atoms with Crippen LogP contribution in [0.4, 0.5) is 5.69 Å². The lowest BCUT2D eigenvalue weighted by Gasteiger charge is -2.04. The minimum atomic E-state index is -0.167. The van der Waals surface area contributed by atoms with Crippen LogP contribution in [0.15, 0.2) is 36.5 Å². The zero-order valence-electron chi connectivity index (χ0n) is 14.4. The lowest BCUT2D eigenvalue weighted by Crippen LogP contribution is -2.12. The molecule has 1 amide bonds. The fourth-order valence-electron chi connectivity index (χ4n) is 3.52. The van der Waals surface area contributed by atoms with Gasteiger partial charge >= 0.3 is 0 Å². The molecule has 1 fully saturated rings. The Kier molecular flexibility index (Phi) is 3.36. The number of carbonyl (C=O) groups excluding carboxylic acids is 1. The summed E-state index contributed by atoms with van der Waals surface area (Å²) in [4.78, 5) is 23.6. The number of aromatic nitrogens is 4. The standard InChI is InChI=1S/C19H19N5O2/c1-24-7-6-13-16(24)10-15(21-13)19(25)20-11-4-5-12-14(9-11)23-18(22-12)17-3-2-8-26-17/h4-7,9-10,17,21H,2-3,8H2,1H3,(H,20,25)(H,22,23). The molecule has 7 heteroatoms. The van der Waals surface area contributed by atoms with Gasteiger partial charge in [0, 0.05) is 25.5 Å². The van der Waals surface area contributed by atoms with Crippen LogP contribution in [0.1, 0.15) is 35.3 Å². The highest BCUT2D eigenvalue weighted by molar-refractivity contribution is 6.06. The van der Waals surface area contributed by atoms with Crippen LogP contribution in [0, 0.1) is 0 Å². The van der Waals surface area contributed by atoms with Crippen molar-refractivity contribution in [1.82, 2.24) is 19.5 Å². The molecule has 5 rings (SSSR count). The molecular weight excluding hydrogens is 330 g/mol. The zero-order valence-corrected chi connectivity index (χ0v) is 14.4. The monoisotopic (exact) mass is 349 g/mol. The molecule has 1 atom stereocenters. The highest BCUT2D eigenvalue weighted by Gasteiger charge is 2.21. The Hall–Kier alpha value is -3.06. The number of ether oxygens (including phenoxy) is 1. The van der Waals surface area contributed by atoms with Crippen LogP contribution in [0.5, 0.6) is 0 Å². The molecule has 3 aromatic heterocycles. The van der Waals surface area contributed by atoms with Gasteiger partial charge in [-0.15, -0.1) is 0 Å². The fraction of sp³-hybridized carbons (Fsp3) is 0.263. The number of H-pyrrole nitrogens is 2. The van der Waals surface area contributed by atoms with Gasteiger partial charge in [-0.25, -0.2) is 4.98 Å². The van der Waals surface area contributed by atoms with Crippen LogP contribution in [0.25, 0.3) is 22.1 Å². The number of carbonyl (C=O) groups is 1. The molecule has 0 saturated carbocycles. The molecule has 1 unspecified atom stereocenters. The number of rotatable bonds is 3. The Bertz CT molecular complexity index is 1110. The van der Waals surface area contributed by atoms with Crippen LogP contribution in [-0.4, -0.2) is 32.0 Å². The summed E-state index contributed by atoms with van der Waals surface area (Å²) in [5.41, 5.74) is 4.98. The Morgan fingerprint density at radius 1 is 1.27 bits per heavy atom. The van der Waals surface area contributed by atoms with Crippen molar-refractivity contribution in [3.8, 4) is 0 Å². The average Bonchev–Trinajstić information content (AvgIpc) is 3.40. The molecule has 4 heterocycles. The van der Waals surface area contributed by atoms with Crippen LogP contribution >= 0.6 is 0 Å². The van der Waals surface area contributed by atoms with Crippen LogP contribution < -0.4 is 5.32 Å². The molecular formula is C19H19N5O2. The van der Waals surface area contributed by atoms with E-state index in [2.05, 4.69) is 20.3 Å². The third kappa shape index (κ3) is 2.48. The first-order valence-corrected chi connectivity index (χ1v) is 8.74. The maximum Gasteiger partial charge on any atom is 0.272 e. The molecule has 0 radical (unpaired) electrons. The van der Waals surface area contributed by atoms with Crippen molar-refractivity contribution < 1.29 is 9.53 Å². The maximum absolute atomic E-state index is 12.5. The second-order valence-electron chi connectivity index (χ2n) is 6.72. The molecule has 132 valence electrons. The van der Waals surface area contributed by atoms with Gasteiger partial charge in [-0.05, 0) is 43.2 Å². The van der Waals surface area contributed by atoms with Gasteiger partial charge in [0.1, 0.15) is 17.6 Å². The number of fused-ring (bicyclic) bond motifs is 2. The van der Waals surface area contributed by atoms with Crippen molar-refractivity contribution in [1.29, 1.82) is 0 Å². The summed E-state index contributed by atoms with van der Waals surface area (Å²) in [6, 6.07) is 9.49. The van der Waals surface area contributed by atoms with E-state index in [4.69, 9.17) is 4.74 Å². The van der Waals surface area contributed by atoms with Crippen LogP contribution in [0.3, 0.4) is 0 Å². The average molecular weight is 349 g/mol. The van der Waals surface area contributed by atoms with Crippen molar-refractivity contribution in [2.45, 2.75) is 18.9 Å². The number of hydrogen-bond donors (Lipinski definition) is 3. The summed E-state index contributed by atoms with van der Waals surface area (Å²) in [7, 11) is 1.95. The lowest BCUT2D eigenvalue weighted by atomic mass is 10.2. The number of amides is 1. The van der Waals surface area contributed by atoms with E-state index in [0.29, 0.717) is 5.69 Å². The summed E-state index contributed by atoms with van der Waals surface area (Å²) >= 11 is 0. The van der Waals surface area contributed by atoms with Crippen molar-refractivity contribution in [3.05, 3.63) is 48.0 Å². The number of hydrogen-bond acceptors (Lipinski definition) is 3. The Balaban J connectivity index is 1.40. The predicted molar refractivity (Wildman–Crippen MR) is 99.2 cm³/mol. The Morgan fingerprint density at radius 2 is 2.19 bits per heavy atom. The van der Waals surface area contributed by atoms with E-state index >= 15 is 0 Å². The van der Waals surface area contributed by atoms with Gasteiger partial charge in [0.2, 0.25) is 0 Å². The summed E-state index contributed by atoms with van der Waals surface area (Å²) in [5.74, 6) is 0.691. The number of aromatic amines is 2. The van der Waals surface area contributed by atoms with Crippen molar-refractivity contribution in [3.63, 3.8) is 0 Å². The van der Waals surface area contributed by atoms with Gasteiger partial charge in [-0.3, -0.25) is 4.79 Å². The first kappa shape index (κ1) is 15.2. The van der Waals surface area contributed by atoms with E-state index in [-0.39, 0.29) is 12.0 Å². The van der Waals surface area contributed by atoms with E-state index in [9.17, 15) is 4.79 Å². The minimum Gasteiger partial charge on any atom is -0.370 e. The van der Waals surface area contributed by atoms with Crippen molar-refractivity contribution in [2.24, 2.45) is 7.05 Å². The fourth-order valence-corrected chi connectivity index (χ4v) is 3.52. The van der Waals surface area contributed by atoms with E-state index in [1.807, 2.05) is 48.1 Å². The molecule has 1 aliphatic heterocycles. The smallest absolute Gasteiger partial charge is 0.272 e. The number of nitrogens with zero attached hydrogens (tertiary/aromatic N) is 2. The molecule has 7 nitrogen and oxygen atoms in total. The summed E-state index contributed by atoms with van der Waals surface area (Å²) in [6.45, 7) is 0.785. The second kappa shape index (κ2) is 5.74. The predicted octanol–water partition coefficient (Wildman–Crippen LogP) is 3.49. The van der Waals surface area contributed by atoms with E-state index in [1.165, 1.54) is 0 Å². The molecule has 0 aliphatic carbocycles. The lowest BCUT2D eigenvalue weighted by molar-refractivity contribution is 0.102. The Morgan fingerprint density at radius 3 is 3.00 bits per heavy atom. The number of anilines is 1. The molecule has 0 bridgehead atoms. The molecule has 3 N–H and O–H groups in total. The maximum atomic E-state index is 12.5. The first-order valence-electron chi connectivity index (χ1n) is 8.74. The largest absolute Gasteiger partial charge is 0.370 e. The first-order chi connectivity index (χ1) is 12.7. The van der Waals surface area contributed by atoms with E-state index in [1.54, 1.807) is 0 Å². The Labute approximate surface area is 149 Å². The topological polar surface area (TPSA) is 87.7 Å². The molecule has 1 aliphatic rings. The minimum absolute atomic E-state index is 0.0480. The number of aryl methyl sites for hydroxylation is 1. The molecule has 26 heavy (non-hydrogen) atoms. The number of benzene rings is 1. The third-order valence-corrected chi connectivity index (χ3v) is 4.91. The van der Waals surface area contributed by atoms with Gasteiger partial charge in [-0.1, -0.05) is 0 Å². The van der Waals surface area contributed by atoms with Crippen LogP contribution in [-0.2, 0) is 11.8 Å². The van der Waals surface area contributed by atoms with Crippen molar-refractivity contribution in [2.75, 3.05) is 11.9 Å². The molecule has 0 spiro atoms. The number of imidazole rings is 1. The van der Waals surface area contributed by atoms with Gasteiger partial charge in [-0.2, -0.15) is 0 Å². The zero-order chi connectivity index (χ0) is 17.7. The van der Waals surface area contributed by atoms with E-state index < -0.39 is 0 Å². The number of nitrogens with one attached hydrogen (secondary N) is 3. The third-order valence-electron chi connectivity index (χ3n) is 4.91. The molecule has 4 aromatic rings. The van der Waals surface area contributed by atoms with Crippen molar-refractivity contribution >= 4 is 33.7 Å². The van der Waals surface area contributed by atoms with Gasteiger partial charge in [0.25, 0.3) is 5.91 Å². The highest BCUT2D eigenvalue weighted by Crippen LogP contribution is 2.28. The summed E-state index contributed by atoms with van der Waals surface area (Å²) in [5, 5.41) is 2.94. The normalized spacial score (nSPS) is 17.3. The summed E-state index contributed by atoms with van der Waals surface area (Å²) in [6.07, 6.45) is 4.06. The van der Waals surface area contributed by atoms with Gasteiger partial charge in [0.15, 0.2) is 0 Å². The van der Waals surface area contributed by atoms with Crippen LogP contribution in [0.2, 0.25) is 0 Å². The van der Waals surface area contributed by atoms with Gasteiger partial charge < -0.3 is 24.6 Å².